The fourth-order valence-electron chi connectivity index (χ4n) is 2.67. The maximum atomic E-state index is 12.2. The molecular weight excluding hydrogens is 430 g/mol. The van der Waals surface area contributed by atoms with Gasteiger partial charge in [0.15, 0.2) is 0 Å². The average Bonchev–Trinajstić information content (AvgIpc) is 2.79. The van der Waals surface area contributed by atoms with Gasteiger partial charge in [-0.2, -0.15) is 5.10 Å². The summed E-state index contributed by atoms with van der Waals surface area (Å²) in [5, 5.41) is 6.87. The Bertz CT molecular complexity index is 1140. The van der Waals surface area contributed by atoms with Crippen LogP contribution in [0.25, 0.3) is 0 Å². The molecule has 8 heteroatoms. The maximum Gasteiger partial charge on any atom is 0.343 e. The van der Waals surface area contributed by atoms with Crippen molar-refractivity contribution in [3.05, 3.63) is 100 Å². The van der Waals surface area contributed by atoms with Crippen molar-refractivity contribution in [3.63, 3.8) is 0 Å². The third-order valence-corrected chi connectivity index (χ3v) is 4.63. The largest absolute Gasteiger partial charge is 0.423 e. The first-order valence-corrected chi connectivity index (χ1v) is 10.0. The summed E-state index contributed by atoms with van der Waals surface area (Å²) in [5.41, 5.74) is 4.75. The molecule has 7 nitrogen and oxygen atoms in total. The van der Waals surface area contributed by atoms with E-state index < -0.39 is 17.8 Å². The number of amides is 2. The van der Waals surface area contributed by atoms with E-state index in [0.717, 1.165) is 5.56 Å². The quantitative estimate of drug-likeness (QED) is 0.248. The smallest absolute Gasteiger partial charge is 0.343 e. The van der Waals surface area contributed by atoms with Crippen LogP contribution in [0.2, 0.25) is 5.02 Å². The molecule has 0 bridgehead atoms. The molecule has 0 saturated carbocycles. The Labute approximate surface area is 190 Å². The molecule has 0 aliphatic carbocycles. The standard InChI is InChI=1S/C24H20ClN3O4/c1-16-4-2-3-5-21(16)24(31)32-20-12-6-17(7-13-20)14-27-28-22(29)15-26-23(30)18-8-10-19(25)11-9-18/h2-14H,15H2,1H3,(H,26,30)(H,28,29)/b27-14-. The summed E-state index contributed by atoms with van der Waals surface area (Å²) in [6, 6.07) is 20.1. The molecule has 162 valence electrons. The first-order valence-electron chi connectivity index (χ1n) is 9.66. The lowest BCUT2D eigenvalue weighted by atomic mass is 10.1. The van der Waals surface area contributed by atoms with Crippen LogP contribution in [-0.4, -0.2) is 30.5 Å². The van der Waals surface area contributed by atoms with E-state index in [-0.39, 0.29) is 6.54 Å². The highest BCUT2D eigenvalue weighted by Crippen LogP contribution is 2.15. The van der Waals surface area contributed by atoms with Crippen molar-refractivity contribution in [2.24, 2.45) is 5.10 Å². The van der Waals surface area contributed by atoms with Crippen molar-refractivity contribution in [1.82, 2.24) is 10.7 Å². The third-order valence-electron chi connectivity index (χ3n) is 4.37. The Balaban J connectivity index is 1.45. The van der Waals surface area contributed by atoms with Gasteiger partial charge in [-0.05, 0) is 72.6 Å². The summed E-state index contributed by atoms with van der Waals surface area (Å²) in [7, 11) is 0. The van der Waals surface area contributed by atoms with Crippen LogP contribution in [0.1, 0.15) is 31.8 Å². The lowest BCUT2D eigenvalue weighted by Gasteiger charge is -2.06. The fraction of sp³-hybridized carbons (Fsp3) is 0.0833. The van der Waals surface area contributed by atoms with E-state index in [1.165, 1.54) is 6.21 Å². The second-order valence-corrected chi connectivity index (χ2v) is 7.19. The normalized spacial score (nSPS) is 10.6. The Morgan fingerprint density at radius 1 is 0.969 bits per heavy atom. The van der Waals surface area contributed by atoms with Crippen LogP contribution in [-0.2, 0) is 4.79 Å². The lowest BCUT2D eigenvalue weighted by Crippen LogP contribution is -2.34. The molecule has 3 aromatic carbocycles. The zero-order chi connectivity index (χ0) is 22.9. The van der Waals surface area contributed by atoms with Crippen LogP contribution in [0.4, 0.5) is 0 Å². The molecule has 0 aliphatic heterocycles. The number of carbonyl (C=O) groups is 3. The first kappa shape index (κ1) is 22.7. The van der Waals surface area contributed by atoms with Crippen molar-refractivity contribution in [1.29, 1.82) is 0 Å². The van der Waals surface area contributed by atoms with Crippen LogP contribution in [0.3, 0.4) is 0 Å². The van der Waals surface area contributed by atoms with Crippen LogP contribution < -0.4 is 15.5 Å². The number of carbonyl (C=O) groups excluding carboxylic acids is 3. The number of rotatable bonds is 7. The number of halogens is 1. The minimum absolute atomic E-state index is 0.230. The van der Waals surface area contributed by atoms with Crippen molar-refractivity contribution in [3.8, 4) is 5.75 Å². The maximum absolute atomic E-state index is 12.2. The van der Waals surface area contributed by atoms with Crippen molar-refractivity contribution in [2.45, 2.75) is 6.92 Å². The van der Waals surface area contributed by atoms with Gasteiger partial charge in [0.1, 0.15) is 5.75 Å². The molecule has 0 fully saturated rings. The molecular formula is C24H20ClN3O4. The number of nitrogens with zero attached hydrogens (tertiary/aromatic N) is 1. The Morgan fingerprint density at radius 2 is 1.66 bits per heavy atom. The van der Waals surface area contributed by atoms with Gasteiger partial charge < -0.3 is 10.1 Å². The van der Waals surface area contributed by atoms with Crippen molar-refractivity contribution < 1.29 is 19.1 Å². The Kier molecular flexibility index (Phi) is 7.72. The number of hydrazone groups is 1. The van der Waals surface area contributed by atoms with Gasteiger partial charge in [-0.15, -0.1) is 0 Å². The molecule has 3 aromatic rings. The second-order valence-electron chi connectivity index (χ2n) is 6.76. The zero-order valence-electron chi connectivity index (χ0n) is 17.2. The van der Waals surface area contributed by atoms with E-state index in [2.05, 4.69) is 15.8 Å². The Hall–Kier alpha value is -3.97. The summed E-state index contributed by atoms with van der Waals surface area (Å²) < 4.78 is 5.38. The molecule has 0 radical (unpaired) electrons. The number of esters is 1. The minimum Gasteiger partial charge on any atom is -0.423 e. The van der Waals surface area contributed by atoms with Crippen LogP contribution in [0.15, 0.2) is 77.9 Å². The van der Waals surface area contributed by atoms with E-state index in [9.17, 15) is 14.4 Å². The van der Waals surface area contributed by atoms with Crippen LogP contribution in [0, 0.1) is 6.92 Å². The fourth-order valence-corrected chi connectivity index (χ4v) is 2.79. The zero-order valence-corrected chi connectivity index (χ0v) is 17.9. The van der Waals surface area contributed by atoms with Gasteiger partial charge in [0, 0.05) is 10.6 Å². The summed E-state index contributed by atoms with van der Waals surface area (Å²) in [6.45, 7) is 1.61. The number of hydrogen-bond donors (Lipinski definition) is 2. The predicted octanol–water partition coefficient (Wildman–Crippen LogP) is 3.75. The molecule has 0 unspecified atom stereocenters. The highest BCUT2D eigenvalue weighted by atomic mass is 35.5. The highest BCUT2D eigenvalue weighted by molar-refractivity contribution is 6.30. The van der Waals surface area contributed by atoms with Crippen molar-refractivity contribution in [2.75, 3.05) is 6.54 Å². The number of nitrogens with one attached hydrogen (secondary N) is 2. The number of benzene rings is 3. The van der Waals surface area contributed by atoms with Gasteiger partial charge in [-0.3, -0.25) is 9.59 Å². The van der Waals surface area contributed by atoms with E-state index >= 15 is 0 Å². The van der Waals surface area contributed by atoms with E-state index in [1.54, 1.807) is 60.7 Å². The molecule has 0 aliphatic rings. The van der Waals surface area contributed by atoms with Crippen LogP contribution >= 0.6 is 11.6 Å². The molecule has 32 heavy (non-hydrogen) atoms. The highest BCUT2D eigenvalue weighted by Gasteiger charge is 2.11. The van der Waals surface area contributed by atoms with Gasteiger partial charge in [-0.1, -0.05) is 29.8 Å². The number of ether oxygens (including phenoxy) is 1. The van der Waals surface area contributed by atoms with E-state index in [0.29, 0.717) is 27.5 Å². The number of aryl methyl sites for hydroxylation is 1. The molecule has 2 N–H and O–H groups in total. The minimum atomic E-state index is -0.479. The first-order chi connectivity index (χ1) is 15.4. The van der Waals surface area contributed by atoms with Crippen molar-refractivity contribution >= 4 is 35.6 Å². The number of hydrogen-bond acceptors (Lipinski definition) is 5. The van der Waals surface area contributed by atoms with Gasteiger partial charge in [0.05, 0.1) is 18.3 Å². The lowest BCUT2D eigenvalue weighted by molar-refractivity contribution is -0.120. The molecule has 0 aromatic heterocycles. The third kappa shape index (κ3) is 6.52. The summed E-state index contributed by atoms with van der Waals surface area (Å²) >= 11 is 5.78. The molecule has 3 rings (SSSR count). The topological polar surface area (TPSA) is 96.9 Å². The SMILES string of the molecule is Cc1ccccc1C(=O)Oc1ccc(/C=N\NC(=O)CNC(=O)c2ccc(Cl)cc2)cc1. The summed E-state index contributed by atoms with van der Waals surface area (Å²) in [5.74, 6) is -0.911. The molecule has 0 atom stereocenters. The molecule has 0 heterocycles. The predicted molar refractivity (Wildman–Crippen MR) is 122 cm³/mol. The molecule has 2 amide bonds. The molecule has 0 spiro atoms. The second kappa shape index (κ2) is 10.9. The van der Waals surface area contributed by atoms with Gasteiger partial charge in [0.2, 0.25) is 0 Å². The average molecular weight is 450 g/mol. The molecule has 0 saturated heterocycles. The monoisotopic (exact) mass is 449 g/mol. The van der Waals surface area contributed by atoms with E-state index in [1.807, 2.05) is 19.1 Å². The summed E-state index contributed by atoms with van der Waals surface area (Å²) in [6.07, 6.45) is 1.44. The van der Waals surface area contributed by atoms with Gasteiger partial charge >= 0.3 is 5.97 Å². The summed E-state index contributed by atoms with van der Waals surface area (Å²) in [4.78, 5) is 36.1. The van der Waals surface area contributed by atoms with E-state index in [4.69, 9.17) is 16.3 Å². The Morgan fingerprint density at radius 3 is 2.34 bits per heavy atom. The van der Waals surface area contributed by atoms with Crippen LogP contribution in [0.5, 0.6) is 5.75 Å². The van der Waals surface area contributed by atoms with Gasteiger partial charge in [-0.25, -0.2) is 10.2 Å². The van der Waals surface area contributed by atoms with Gasteiger partial charge in [0.25, 0.3) is 11.8 Å².